The summed E-state index contributed by atoms with van der Waals surface area (Å²) in [5, 5.41) is 17.1. The van der Waals surface area contributed by atoms with Crippen LogP contribution in [0.25, 0.3) is 0 Å². The lowest BCUT2D eigenvalue weighted by Gasteiger charge is -2.09. The lowest BCUT2D eigenvalue weighted by atomic mass is 10.1. The van der Waals surface area contributed by atoms with Crippen LogP contribution in [0.3, 0.4) is 0 Å². The van der Waals surface area contributed by atoms with Gasteiger partial charge in [0.1, 0.15) is 11.5 Å². The number of hydrogen-bond donors (Lipinski definition) is 2. The van der Waals surface area contributed by atoms with Crippen LogP contribution in [0.1, 0.15) is 41.4 Å². The van der Waals surface area contributed by atoms with E-state index >= 15 is 0 Å². The average molecular weight is 484 g/mol. The van der Waals surface area contributed by atoms with Crippen LogP contribution in [0.5, 0.6) is 11.5 Å². The van der Waals surface area contributed by atoms with Gasteiger partial charge >= 0.3 is 23.9 Å². The van der Waals surface area contributed by atoms with Crippen molar-refractivity contribution in [3.8, 4) is 11.5 Å². The first kappa shape index (κ1) is 25.4. The predicted octanol–water partition coefficient (Wildman–Crippen LogP) is 5.21. The molecule has 180 valence electrons. The number of benzene rings is 4. The molecule has 4 aromatic rings. The van der Waals surface area contributed by atoms with Gasteiger partial charge in [0.2, 0.25) is 0 Å². The van der Waals surface area contributed by atoms with E-state index < -0.39 is 23.9 Å². The van der Waals surface area contributed by atoms with Gasteiger partial charge in [-0.05, 0) is 48.5 Å². The molecule has 0 aliphatic heterocycles. The van der Waals surface area contributed by atoms with E-state index in [-0.39, 0.29) is 22.3 Å². The second kappa shape index (κ2) is 12.3. The Morgan fingerprint density at radius 2 is 0.694 bits per heavy atom. The van der Waals surface area contributed by atoms with Gasteiger partial charge in [-0.25, -0.2) is 19.2 Å². The zero-order valence-electron chi connectivity index (χ0n) is 18.7. The molecule has 2 N–H and O–H groups in total. The lowest BCUT2D eigenvalue weighted by Crippen LogP contribution is -2.17. The maximum absolute atomic E-state index is 12.4. The summed E-state index contributed by atoms with van der Waals surface area (Å²) in [6.07, 6.45) is 0. The SMILES string of the molecule is O=C(O)c1ccccc1C(=O)O.O=C(Oc1ccccc1)c1ccccc1C(=O)Oc1ccccc1. The third-order valence-corrected chi connectivity index (χ3v) is 4.66. The van der Waals surface area contributed by atoms with Crippen LogP contribution in [-0.4, -0.2) is 34.1 Å². The Bertz CT molecular complexity index is 1260. The highest BCUT2D eigenvalue weighted by atomic mass is 16.5. The van der Waals surface area contributed by atoms with Crippen LogP contribution in [0.2, 0.25) is 0 Å². The maximum Gasteiger partial charge on any atom is 0.344 e. The first-order valence-corrected chi connectivity index (χ1v) is 10.6. The Morgan fingerprint density at radius 1 is 0.417 bits per heavy atom. The van der Waals surface area contributed by atoms with Gasteiger partial charge in [0, 0.05) is 0 Å². The van der Waals surface area contributed by atoms with Crippen LogP contribution < -0.4 is 9.47 Å². The molecule has 4 rings (SSSR count). The van der Waals surface area contributed by atoms with Crippen LogP contribution >= 0.6 is 0 Å². The topological polar surface area (TPSA) is 127 Å². The molecule has 0 fully saturated rings. The second-order valence-electron chi connectivity index (χ2n) is 7.11. The van der Waals surface area contributed by atoms with Crippen molar-refractivity contribution in [3.63, 3.8) is 0 Å². The Labute approximate surface area is 206 Å². The van der Waals surface area contributed by atoms with E-state index in [0.717, 1.165) is 0 Å². The second-order valence-corrected chi connectivity index (χ2v) is 7.11. The molecule has 0 spiro atoms. The van der Waals surface area contributed by atoms with E-state index in [4.69, 9.17) is 19.7 Å². The monoisotopic (exact) mass is 484 g/mol. The third-order valence-electron chi connectivity index (χ3n) is 4.66. The molecule has 8 heteroatoms. The fourth-order valence-electron chi connectivity index (χ4n) is 3.00. The largest absolute Gasteiger partial charge is 0.478 e. The molecule has 0 saturated heterocycles. The van der Waals surface area contributed by atoms with E-state index in [1.165, 1.54) is 36.4 Å². The van der Waals surface area contributed by atoms with Crippen molar-refractivity contribution in [1.29, 1.82) is 0 Å². The van der Waals surface area contributed by atoms with E-state index in [1.807, 2.05) is 12.1 Å². The van der Waals surface area contributed by atoms with Gasteiger partial charge in [-0.15, -0.1) is 0 Å². The molecule has 0 bridgehead atoms. The number of carboxylic acids is 2. The summed E-state index contributed by atoms with van der Waals surface area (Å²) in [6.45, 7) is 0. The van der Waals surface area contributed by atoms with Crippen LogP contribution in [-0.2, 0) is 0 Å². The zero-order chi connectivity index (χ0) is 25.9. The number of rotatable bonds is 6. The summed E-state index contributed by atoms with van der Waals surface area (Å²) in [6, 6.07) is 29.2. The van der Waals surface area contributed by atoms with Crippen molar-refractivity contribution in [2.75, 3.05) is 0 Å². The fourth-order valence-corrected chi connectivity index (χ4v) is 3.00. The minimum atomic E-state index is -1.23. The number of carbonyl (C=O) groups is 4. The zero-order valence-corrected chi connectivity index (χ0v) is 18.7. The van der Waals surface area contributed by atoms with Crippen molar-refractivity contribution in [3.05, 3.63) is 131 Å². The van der Waals surface area contributed by atoms with Crippen LogP contribution in [0.15, 0.2) is 109 Å². The quantitative estimate of drug-likeness (QED) is 0.282. The molecule has 0 radical (unpaired) electrons. The number of hydrogen-bond acceptors (Lipinski definition) is 6. The molecule has 0 unspecified atom stereocenters. The fraction of sp³-hybridized carbons (Fsp3) is 0. The molecule has 0 saturated carbocycles. The number of ether oxygens (including phenoxy) is 2. The van der Waals surface area contributed by atoms with Gasteiger partial charge in [0.25, 0.3) is 0 Å². The lowest BCUT2D eigenvalue weighted by molar-refractivity contribution is 0.0651. The Hall–Kier alpha value is -5.24. The van der Waals surface area contributed by atoms with Crippen LogP contribution in [0, 0.1) is 0 Å². The summed E-state index contributed by atoms with van der Waals surface area (Å²) in [5.41, 5.74) is -0.0698. The number of aromatic carboxylic acids is 2. The molecule has 8 nitrogen and oxygen atoms in total. The Morgan fingerprint density at radius 3 is 1.00 bits per heavy atom. The van der Waals surface area contributed by atoms with Crippen molar-refractivity contribution >= 4 is 23.9 Å². The minimum absolute atomic E-state index is 0.155. The van der Waals surface area contributed by atoms with Gasteiger partial charge < -0.3 is 19.7 Å². The van der Waals surface area contributed by atoms with Gasteiger partial charge in [0.05, 0.1) is 22.3 Å². The number of carbonyl (C=O) groups excluding carboxylic acids is 2. The molecular formula is C28H20O8. The summed E-state index contributed by atoms with van der Waals surface area (Å²) < 4.78 is 10.6. The van der Waals surface area contributed by atoms with Crippen molar-refractivity contribution in [2.45, 2.75) is 0 Å². The summed E-state index contributed by atoms with van der Waals surface area (Å²) in [4.78, 5) is 45.6. The average Bonchev–Trinajstić information content (AvgIpc) is 2.90. The normalized spacial score (nSPS) is 9.78. The van der Waals surface area contributed by atoms with Crippen molar-refractivity contribution < 1.29 is 38.9 Å². The Kier molecular flexibility index (Phi) is 8.66. The molecule has 4 aromatic carbocycles. The van der Waals surface area contributed by atoms with E-state index in [2.05, 4.69) is 0 Å². The first-order valence-electron chi connectivity index (χ1n) is 10.6. The van der Waals surface area contributed by atoms with Crippen molar-refractivity contribution in [2.24, 2.45) is 0 Å². The number of esters is 2. The summed E-state index contributed by atoms with van der Waals surface area (Å²) in [5.74, 6) is -2.85. The van der Waals surface area contributed by atoms with E-state index in [1.54, 1.807) is 60.7 Å². The van der Waals surface area contributed by atoms with E-state index in [9.17, 15) is 19.2 Å². The molecule has 0 atom stereocenters. The third kappa shape index (κ3) is 6.88. The molecular weight excluding hydrogens is 464 g/mol. The number of para-hydroxylation sites is 2. The van der Waals surface area contributed by atoms with Gasteiger partial charge in [-0.1, -0.05) is 60.7 Å². The molecule has 0 heterocycles. The minimum Gasteiger partial charge on any atom is -0.478 e. The molecule has 0 aliphatic carbocycles. The van der Waals surface area contributed by atoms with E-state index in [0.29, 0.717) is 11.5 Å². The highest BCUT2D eigenvalue weighted by Gasteiger charge is 2.20. The summed E-state index contributed by atoms with van der Waals surface area (Å²) in [7, 11) is 0. The van der Waals surface area contributed by atoms with Crippen LogP contribution in [0.4, 0.5) is 0 Å². The molecule has 0 aliphatic rings. The standard InChI is InChI=1S/C20H14O4.C8H6O4/c21-19(23-15-9-3-1-4-10-15)17-13-7-8-14-18(17)20(22)24-16-11-5-2-6-12-16;9-7(10)5-3-1-2-4-6(5)8(11)12/h1-14H;1-4H,(H,9,10)(H,11,12). The van der Waals surface area contributed by atoms with Gasteiger partial charge in [-0.3, -0.25) is 0 Å². The molecule has 0 amide bonds. The summed E-state index contributed by atoms with van der Waals surface area (Å²) >= 11 is 0. The van der Waals surface area contributed by atoms with Gasteiger partial charge in [0.15, 0.2) is 0 Å². The molecule has 0 aromatic heterocycles. The predicted molar refractivity (Wildman–Crippen MR) is 130 cm³/mol. The smallest absolute Gasteiger partial charge is 0.344 e. The molecule has 36 heavy (non-hydrogen) atoms. The maximum atomic E-state index is 12.4. The number of carboxylic acid groups (broad SMARTS) is 2. The highest BCUT2D eigenvalue weighted by Crippen LogP contribution is 2.18. The van der Waals surface area contributed by atoms with Gasteiger partial charge in [-0.2, -0.15) is 0 Å². The van der Waals surface area contributed by atoms with Crippen molar-refractivity contribution in [1.82, 2.24) is 0 Å². The first-order chi connectivity index (χ1) is 17.4. The highest BCUT2D eigenvalue weighted by molar-refractivity contribution is 6.04. The Balaban J connectivity index is 0.000000253.